The van der Waals surface area contributed by atoms with Crippen molar-refractivity contribution < 1.29 is 30.3 Å². The molecule has 1 fully saturated rings. The maximum absolute atomic E-state index is 9.24. The zero-order valence-electron chi connectivity index (χ0n) is 6.61. The van der Waals surface area contributed by atoms with Gasteiger partial charge in [0.05, 0.1) is 6.61 Å². The van der Waals surface area contributed by atoms with Gasteiger partial charge in [-0.05, 0) is 0 Å². The van der Waals surface area contributed by atoms with Crippen molar-refractivity contribution >= 4 is 12.6 Å². The van der Waals surface area contributed by atoms with Crippen LogP contribution >= 0.6 is 12.6 Å². The molecule has 6 nitrogen and oxygen atoms in total. The highest BCUT2D eigenvalue weighted by molar-refractivity contribution is 7.81. The predicted molar refractivity (Wildman–Crippen MR) is 43.9 cm³/mol. The molecule has 7 heteroatoms. The molecule has 0 spiro atoms. The molecule has 1 rings (SSSR count). The Morgan fingerprint density at radius 1 is 1.23 bits per heavy atom. The first-order valence-electron chi connectivity index (χ1n) is 3.67. The van der Waals surface area contributed by atoms with Gasteiger partial charge in [-0.3, -0.25) is 0 Å². The predicted octanol–water partition coefficient (Wildman–Crippen LogP) is -2.96. The molecule has 0 amide bonds. The van der Waals surface area contributed by atoms with Crippen molar-refractivity contribution in [2.24, 2.45) is 0 Å². The summed E-state index contributed by atoms with van der Waals surface area (Å²) in [5, 5.41) is 43.2. The molecule has 0 aliphatic carbocycles. The summed E-state index contributed by atoms with van der Waals surface area (Å²) in [6, 6.07) is 0. The van der Waals surface area contributed by atoms with Gasteiger partial charge in [0.25, 0.3) is 0 Å². The fourth-order valence-corrected chi connectivity index (χ4v) is 1.42. The van der Waals surface area contributed by atoms with Crippen LogP contribution in [0.2, 0.25) is 0 Å². The monoisotopic (exact) mass is 212 g/mol. The van der Waals surface area contributed by atoms with Gasteiger partial charge in [-0.25, -0.2) is 0 Å². The fraction of sp³-hybridized carbons (Fsp3) is 1.00. The summed E-state index contributed by atoms with van der Waals surface area (Å²) in [4.78, 5) is 0. The number of aliphatic hydroxyl groups is 5. The van der Waals surface area contributed by atoms with Crippen LogP contribution < -0.4 is 0 Å². The normalized spacial score (nSPS) is 52.2. The van der Waals surface area contributed by atoms with E-state index in [2.05, 4.69) is 17.4 Å². The second-order valence-electron chi connectivity index (χ2n) is 2.92. The standard InChI is InChI=1S/C6H12O6S/c7-1-2-3(8)4(9)5(10)6(11,13)12-2/h2-5,7-11,13H,1H2/t2-,3-,4+,5+,6?/m1/s1. The minimum Gasteiger partial charge on any atom is -0.394 e. The van der Waals surface area contributed by atoms with Gasteiger partial charge in [-0.2, -0.15) is 0 Å². The topological polar surface area (TPSA) is 110 Å². The molecule has 13 heavy (non-hydrogen) atoms. The van der Waals surface area contributed by atoms with E-state index in [4.69, 9.17) is 10.2 Å². The minimum atomic E-state index is -2.26. The largest absolute Gasteiger partial charge is 0.394 e. The lowest BCUT2D eigenvalue weighted by Gasteiger charge is -2.42. The van der Waals surface area contributed by atoms with Gasteiger partial charge in [-0.1, -0.05) is 0 Å². The summed E-state index contributed by atoms with van der Waals surface area (Å²) >= 11 is 3.53. The van der Waals surface area contributed by atoms with E-state index in [1.165, 1.54) is 0 Å². The van der Waals surface area contributed by atoms with E-state index in [-0.39, 0.29) is 0 Å². The Labute approximate surface area is 79.8 Å². The van der Waals surface area contributed by atoms with Crippen LogP contribution in [0.3, 0.4) is 0 Å². The number of aliphatic hydroxyl groups excluding tert-OH is 4. The Kier molecular flexibility index (Phi) is 3.18. The summed E-state index contributed by atoms with van der Waals surface area (Å²) in [5.74, 6) is 0. The van der Waals surface area contributed by atoms with Gasteiger partial charge in [0.1, 0.15) is 24.4 Å². The molecule has 1 unspecified atom stereocenters. The van der Waals surface area contributed by atoms with Crippen molar-refractivity contribution in [3.05, 3.63) is 0 Å². The van der Waals surface area contributed by atoms with Gasteiger partial charge in [0, 0.05) is 0 Å². The molecule has 0 saturated carbocycles. The molecule has 5 N–H and O–H groups in total. The molecule has 1 heterocycles. The Bertz CT molecular complexity index is 184. The smallest absolute Gasteiger partial charge is 0.243 e. The fourth-order valence-electron chi connectivity index (χ4n) is 1.14. The molecule has 1 aliphatic heterocycles. The van der Waals surface area contributed by atoms with Crippen LogP contribution in [-0.4, -0.2) is 61.7 Å². The van der Waals surface area contributed by atoms with Crippen molar-refractivity contribution in [2.75, 3.05) is 6.61 Å². The first kappa shape index (κ1) is 11.2. The van der Waals surface area contributed by atoms with Crippen molar-refractivity contribution in [3.8, 4) is 0 Å². The lowest BCUT2D eigenvalue weighted by molar-refractivity contribution is -0.304. The molecule has 0 aromatic rings. The number of ether oxygens (including phenoxy) is 1. The van der Waals surface area contributed by atoms with Gasteiger partial charge in [0.15, 0.2) is 0 Å². The quantitative estimate of drug-likeness (QED) is 0.205. The number of hydrogen-bond acceptors (Lipinski definition) is 7. The molecule has 0 aromatic heterocycles. The average molecular weight is 212 g/mol. The summed E-state index contributed by atoms with van der Waals surface area (Å²) in [7, 11) is 0. The van der Waals surface area contributed by atoms with E-state index < -0.39 is 36.1 Å². The summed E-state index contributed by atoms with van der Waals surface area (Å²) in [6.45, 7) is -0.589. The molecule has 5 atom stereocenters. The van der Waals surface area contributed by atoms with Crippen LogP contribution in [0, 0.1) is 0 Å². The van der Waals surface area contributed by atoms with Crippen molar-refractivity contribution in [1.29, 1.82) is 0 Å². The Hall–Kier alpha value is 0.110. The zero-order valence-corrected chi connectivity index (χ0v) is 7.50. The molecule has 0 aromatic carbocycles. The van der Waals surface area contributed by atoms with Gasteiger partial charge < -0.3 is 30.3 Å². The number of hydrogen-bond donors (Lipinski definition) is 6. The SMILES string of the molecule is OC[C@H]1OC(O)(S)[C@@H](O)[C@@H](O)[C@@H]1O. The van der Waals surface area contributed by atoms with Crippen LogP contribution in [0.15, 0.2) is 0 Å². The van der Waals surface area contributed by atoms with Gasteiger partial charge in [-0.15, -0.1) is 12.6 Å². The molecular formula is C6H12O6S. The van der Waals surface area contributed by atoms with Crippen LogP contribution in [0.1, 0.15) is 0 Å². The molecule has 1 saturated heterocycles. The second kappa shape index (κ2) is 3.70. The highest BCUT2D eigenvalue weighted by atomic mass is 32.1. The molecule has 0 bridgehead atoms. The van der Waals surface area contributed by atoms with Crippen molar-refractivity contribution in [1.82, 2.24) is 0 Å². The van der Waals surface area contributed by atoms with E-state index in [9.17, 15) is 15.3 Å². The van der Waals surface area contributed by atoms with Crippen LogP contribution in [0.25, 0.3) is 0 Å². The zero-order chi connectivity index (χ0) is 10.2. The van der Waals surface area contributed by atoms with E-state index in [1.807, 2.05) is 0 Å². The molecule has 78 valence electrons. The molecule has 0 radical (unpaired) electrons. The van der Waals surface area contributed by atoms with Crippen LogP contribution in [0.5, 0.6) is 0 Å². The highest BCUT2D eigenvalue weighted by Gasteiger charge is 2.50. The maximum Gasteiger partial charge on any atom is 0.243 e. The van der Waals surface area contributed by atoms with Crippen molar-refractivity contribution in [2.45, 2.75) is 29.5 Å². The van der Waals surface area contributed by atoms with Gasteiger partial charge in [0.2, 0.25) is 5.12 Å². The highest BCUT2D eigenvalue weighted by Crippen LogP contribution is 2.30. The first-order chi connectivity index (χ1) is 5.90. The molecular weight excluding hydrogens is 200 g/mol. The lowest BCUT2D eigenvalue weighted by Crippen LogP contribution is -2.62. The average Bonchev–Trinajstić information content (AvgIpc) is 2.08. The Balaban J connectivity index is 2.79. The van der Waals surface area contributed by atoms with Gasteiger partial charge >= 0.3 is 0 Å². The third-order valence-electron chi connectivity index (χ3n) is 1.94. The van der Waals surface area contributed by atoms with E-state index in [1.54, 1.807) is 0 Å². The summed E-state index contributed by atoms with van der Waals surface area (Å²) in [5.41, 5.74) is 0. The Morgan fingerprint density at radius 3 is 2.23 bits per heavy atom. The number of thiol groups is 1. The lowest BCUT2D eigenvalue weighted by atomic mass is 9.99. The minimum absolute atomic E-state index is 0.589. The third kappa shape index (κ3) is 1.96. The second-order valence-corrected chi connectivity index (χ2v) is 3.56. The van der Waals surface area contributed by atoms with E-state index >= 15 is 0 Å². The van der Waals surface area contributed by atoms with Crippen LogP contribution in [0.4, 0.5) is 0 Å². The Morgan fingerprint density at radius 2 is 1.77 bits per heavy atom. The van der Waals surface area contributed by atoms with E-state index in [0.717, 1.165) is 0 Å². The van der Waals surface area contributed by atoms with E-state index in [0.29, 0.717) is 0 Å². The number of rotatable bonds is 1. The first-order valence-corrected chi connectivity index (χ1v) is 4.12. The maximum atomic E-state index is 9.24. The summed E-state index contributed by atoms with van der Waals surface area (Å²) in [6.07, 6.45) is -5.95. The van der Waals surface area contributed by atoms with Crippen molar-refractivity contribution in [3.63, 3.8) is 0 Å². The summed E-state index contributed by atoms with van der Waals surface area (Å²) < 4.78 is 4.63. The van der Waals surface area contributed by atoms with Crippen LogP contribution in [-0.2, 0) is 4.74 Å². The molecule has 1 aliphatic rings. The third-order valence-corrected chi connectivity index (χ3v) is 2.31.